The molecule has 1 atom stereocenters. The van der Waals surface area contributed by atoms with E-state index in [2.05, 4.69) is 0 Å². The molecule has 7 heteroatoms. The molecule has 0 spiro atoms. The molecule has 1 aliphatic heterocycles. The van der Waals surface area contributed by atoms with E-state index in [0.717, 1.165) is 5.56 Å². The number of carbonyl (C=O) groups is 2. The van der Waals surface area contributed by atoms with Gasteiger partial charge in [-0.2, -0.15) is 0 Å². The highest BCUT2D eigenvalue weighted by Crippen LogP contribution is 2.34. The molecule has 0 fully saturated rings. The Morgan fingerprint density at radius 3 is 2.32 bits per heavy atom. The van der Waals surface area contributed by atoms with Crippen molar-refractivity contribution in [2.24, 2.45) is 0 Å². The Hall–Kier alpha value is -2.67. The fourth-order valence-corrected chi connectivity index (χ4v) is 4.72. The van der Waals surface area contributed by atoms with E-state index >= 15 is 0 Å². The SMILES string of the molecule is CCC(=O)c1ccc(OCC(=O)c2ccc3c(c2)C[C@@H](C)N3S(C)(=O)=O)cc1. The van der Waals surface area contributed by atoms with Gasteiger partial charge in [0.25, 0.3) is 0 Å². The van der Waals surface area contributed by atoms with Gasteiger partial charge in [0.2, 0.25) is 10.0 Å². The predicted octanol–water partition coefficient (Wildman–Crippen LogP) is 3.25. The third-order valence-corrected chi connectivity index (χ3v) is 6.05. The Kier molecular flexibility index (Phi) is 5.56. The molecule has 0 aromatic heterocycles. The van der Waals surface area contributed by atoms with Crippen molar-refractivity contribution in [3.05, 3.63) is 59.2 Å². The maximum absolute atomic E-state index is 12.5. The predicted molar refractivity (Wildman–Crippen MR) is 108 cm³/mol. The van der Waals surface area contributed by atoms with Crippen molar-refractivity contribution >= 4 is 27.3 Å². The lowest BCUT2D eigenvalue weighted by atomic mass is 10.0. The maximum atomic E-state index is 12.5. The number of nitrogens with zero attached hydrogens (tertiary/aromatic N) is 1. The van der Waals surface area contributed by atoms with Crippen LogP contribution in [0.15, 0.2) is 42.5 Å². The van der Waals surface area contributed by atoms with Crippen molar-refractivity contribution in [2.75, 3.05) is 17.2 Å². The number of benzene rings is 2. The molecule has 3 rings (SSSR count). The molecule has 2 aromatic carbocycles. The Balaban J connectivity index is 1.69. The van der Waals surface area contributed by atoms with Gasteiger partial charge in [-0.25, -0.2) is 8.42 Å². The van der Waals surface area contributed by atoms with E-state index in [0.29, 0.717) is 35.4 Å². The number of ether oxygens (including phenoxy) is 1. The molecule has 0 N–H and O–H groups in total. The van der Waals surface area contributed by atoms with Crippen LogP contribution >= 0.6 is 0 Å². The molecule has 2 aromatic rings. The van der Waals surface area contributed by atoms with E-state index < -0.39 is 10.0 Å². The van der Waals surface area contributed by atoms with Crippen LogP contribution in [0.2, 0.25) is 0 Å². The highest BCUT2D eigenvalue weighted by molar-refractivity contribution is 7.92. The first-order chi connectivity index (χ1) is 13.2. The van der Waals surface area contributed by atoms with Crippen LogP contribution in [-0.2, 0) is 16.4 Å². The summed E-state index contributed by atoms with van der Waals surface area (Å²) in [5, 5.41) is 0. The van der Waals surface area contributed by atoms with Crippen LogP contribution in [0.4, 0.5) is 5.69 Å². The molecule has 1 aliphatic rings. The van der Waals surface area contributed by atoms with Crippen LogP contribution in [0.1, 0.15) is 46.5 Å². The minimum atomic E-state index is -3.36. The molecule has 28 heavy (non-hydrogen) atoms. The number of sulfonamides is 1. The number of anilines is 1. The number of rotatable bonds is 7. The average Bonchev–Trinajstić information content (AvgIpc) is 3.00. The Morgan fingerprint density at radius 1 is 1.07 bits per heavy atom. The molecule has 0 amide bonds. The van der Waals surface area contributed by atoms with Gasteiger partial charge in [-0.15, -0.1) is 0 Å². The highest BCUT2D eigenvalue weighted by atomic mass is 32.2. The smallest absolute Gasteiger partial charge is 0.232 e. The fraction of sp³-hybridized carbons (Fsp3) is 0.333. The van der Waals surface area contributed by atoms with E-state index in [9.17, 15) is 18.0 Å². The first-order valence-corrected chi connectivity index (χ1v) is 11.0. The number of hydrogen-bond acceptors (Lipinski definition) is 5. The monoisotopic (exact) mass is 401 g/mol. The standard InChI is InChI=1S/C21H23NO5S/c1-4-20(23)15-5-8-18(9-6-15)27-13-21(24)16-7-10-19-17(12-16)11-14(2)22(19)28(3,25)26/h5-10,12,14H,4,11,13H2,1-3H3/t14-/m1/s1. The van der Waals surface area contributed by atoms with Crippen molar-refractivity contribution in [2.45, 2.75) is 32.7 Å². The van der Waals surface area contributed by atoms with Crippen molar-refractivity contribution in [3.8, 4) is 5.75 Å². The van der Waals surface area contributed by atoms with E-state index in [1.165, 1.54) is 10.6 Å². The van der Waals surface area contributed by atoms with Gasteiger partial charge in [0.05, 0.1) is 11.9 Å². The topological polar surface area (TPSA) is 80.8 Å². The molecule has 0 bridgehead atoms. The summed E-state index contributed by atoms with van der Waals surface area (Å²) in [5.74, 6) is 0.374. The molecule has 0 saturated carbocycles. The summed E-state index contributed by atoms with van der Waals surface area (Å²) in [7, 11) is -3.36. The quantitative estimate of drug-likeness (QED) is 0.665. The fourth-order valence-electron chi connectivity index (χ4n) is 3.45. The zero-order valence-corrected chi connectivity index (χ0v) is 17.0. The van der Waals surface area contributed by atoms with Crippen molar-refractivity contribution in [3.63, 3.8) is 0 Å². The number of carbonyl (C=O) groups excluding carboxylic acids is 2. The maximum Gasteiger partial charge on any atom is 0.232 e. The summed E-state index contributed by atoms with van der Waals surface area (Å²) < 4.78 is 30.9. The lowest BCUT2D eigenvalue weighted by Gasteiger charge is -2.21. The van der Waals surface area contributed by atoms with Crippen LogP contribution < -0.4 is 9.04 Å². The van der Waals surface area contributed by atoms with Crippen molar-refractivity contribution < 1.29 is 22.7 Å². The molecule has 1 heterocycles. The zero-order chi connectivity index (χ0) is 20.5. The summed E-state index contributed by atoms with van der Waals surface area (Å²) in [5.41, 5.74) is 2.57. The average molecular weight is 401 g/mol. The Bertz CT molecular complexity index is 1010. The first-order valence-electron chi connectivity index (χ1n) is 9.12. The third kappa shape index (κ3) is 4.09. The minimum absolute atomic E-state index is 0.0538. The van der Waals surface area contributed by atoms with Crippen LogP contribution in [-0.4, -0.2) is 38.9 Å². The number of hydrogen-bond donors (Lipinski definition) is 0. The molecule has 0 unspecified atom stereocenters. The van der Waals surface area contributed by atoms with Gasteiger partial charge in [-0.1, -0.05) is 6.92 Å². The molecule has 0 aliphatic carbocycles. The van der Waals surface area contributed by atoms with Crippen LogP contribution in [0.3, 0.4) is 0 Å². The Morgan fingerprint density at radius 2 is 1.71 bits per heavy atom. The summed E-state index contributed by atoms with van der Waals surface area (Å²) in [4.78, 5) is 24.1. The van der Waals surface area contributed by atoms with Gasteiger partial charge in [0, 0.05) is 23.6 Å². The second-order valence-electron chi connectivity index (χ2n) is 6.97. The molecular formula is C21H23NO5S. The van der Waals surface area contributed by atoms with Crippen molar-refractivity contribution in [1.29, 1.82) is 0 Å². The van der Waals surface area contributed by atoms with E-state index in [1.54, 1.807) is 49.4 Å². The third-order valence-electron chi connectivity index (χ3n) is 4.78. The minimum Gasteiger partial charge on any atom is -0.485 e. The summed E-state index contributed by atoms with van der Waals surface area (Å²) in [6.07, 6.45) is 2.19. The van der Waals surface area contributed by atoms with Gasteiger partial charge in [0.1, 0.15) is 5.75 Å². The normalized spacial score (nSPS) is 16.0. The van der Waals surface area contributed by atoms with Crippen LogP contribution in [0.5, 0.6) is 5.75 Å². The molecule has 0 saturated heterocycles. The molecule has 148 valence electrons. The lowest BCUT2D eigenvalue weighted by molar-refractivity contribution is 0.0920. The van der Waals surface area contributed by atoms with Crippen LogP contribution in [0, 0.1) is 0 Å². The highest BCUT2D eigenvalue weighted by Gasteiger charge is 2.32. The van der Waals surface area contributed by atoms with Gasteiger partial charge >= 0.3 is 0 Å². The van der Waals surface area contributed by atoms with Gasteiger partial charge < -0.3 is 4.74 Å². The summed E-state index contributed by atoms with van der Waals surface area (Å²) in [6, 6.07) is 11.6. The second-order valence-corrected chi connectivity index (χ2v) is 8.83. The van der Waals surface area contributed by atoms with Gasteiger partial charge in [-0.05, 0) is 61.4 Å². The first kappa shape index (κ1) is 20.1. The zero-order valence-electron chi connectivity index (χ0n) is 16.1. The van der Waals surface area contributed by atoms with Crippen LogP contribution in [0.25, 0.3) is 0 Å². The number of fused-ring (bicyclic) bond motifs is 1. The summed E-state index contributed by atoms with van der Waals surface area (Å²) in [6.45, 7) is 3.52. The number of ketones is 2. The Labute approximate surface area is 165 Å². The summed E-state index contributed by atoms with van der Waals surface area (Å²) >= 11 is 0. The second kappa shape index (κ2) is 7.75. The largest absolute Gasteiger partial charge is 0.485 e. The number of Topliss-reactive ketones (excluding diaryl/α,β-unsaturated/α-hetero) is 2. The van der Waals surface area contributed by atoms with Crippen molar-refractivity contribution in [1.82, 2.24) is 0 Å². The van der Waals surface area contributed by atoms with Gasteiger partial charge in [-0.3, -0.25) is 13.9 Å². The molecule has 6 nitrogen and oxygen atoms in total. The van der Waals surface area contributed by atoms with Gasteiger partial charge in [0.15, 0.2) is 18.2 Å². The lowest BCUT2D eigenvalue weighted by Crippen LogP contribution is -2.34. The molecule has 0 radical (unpaired) electrons. The van der Waals surface area contributed by atoms with E-state index in [-0.39, 0.29) is 24.2 Å². The van der Waals surface area contributed by atoms with E-state index in [4.69, 9.17) is 4.74 Å². The van der Waals surface area contributed by atoms with E-state index in [1.807, 2.05) is 6.92 Å². The molecular weight excluding hydrogens is 378 g/mol.